The molecule has 0 radical (unpaired) electrons. The summed E-state index contributed by atoms with van der Waals surface area (Å²) in [4.78, 5) is 13.4. The highest BCUT2D eigenvalue weighted by Crippen LogP contribution is 2.41. The van der Waals surface area contributed by atoms with Crippen molar-refractivity contribution in [2.24, 2.45) is 0 Å². The average Bonchev–Trinajstić information content (AvgIpc) is 2.49. The molecular formula is C18H18FNO2. The van der Waals surface area contributed by atoms with E-state index in [1.54, 1.807) is 6.07 Å². The van der Waals surface area contributed by atoms with Crippen molar-refractivity contribution >= 4 is 11.6 Å². The van der Waals surface area contributed by atoms with Crippen LogP contribution in [-0.2, 0) is 4.79 Å². The number of hydrogen-bond acceptors (Lipinski definition) is 2. The Morgan fingerprint density at radius 1 is 1.18 bits per heavy atom. The molecule has 0 fully saturated rings. The topological polar surface area (TPSA) is 29.5 Å². The summed E-state index contributed by atoms with van der Waals surface area (Å²) < 4.78 is 20.3. The van der Waals surface area contributed by atoms with E-state index in [-0.39, 0.29) is 23.9 Å². The van der Waals surface area contributed by atoms with Crippen molar-refractivity contribution in [3.05, 3.63) is 59.9 Å². The number of amides is 1. The normalized spacial score (nSPS) is 20.4. The predicted octanol–water partition coefficient (Wildman–Crippen LogP) is 4.09. The Balaban J connectivity index is 2.02. The first-order valence-corrected chi connectivity index (χ1v) is 7.38. The van der Waals surface area contributed by atoms with E-state index >= 15 is 0 Å². The van der Waals surface area contributed by atoms with Crippen LogP contribution in [0.25, 0.3) is 0 Å². The largest absolute Gasteiger partial charge is 0.486 e. The number of fused-ring (bicyclic) bond motifs is 1. The molecule has 22 heavy (non-hydrogen) atoms. The van der Waals surface area contributed by atoms with Crippen LogP contribution < -0.4 is 9.64 Å². The van der Waals surface area contributed by atoms with Gasteiger partial charge in [0.05, 0.1) is 5.69 Å². The lowest BCUT2D eigenvalue weighted by atomic mass is 9.93. The van der Waals surface area contributed by atoms with Crippen LogP contribution in [0.5, 0.6) is 5.75 Å². The van der Waals surface area contributed by atoms with Crippen LogP contribution in [0.3, 0.4) is 0 Å². The van der Waals surface area contributed by atoms with Gasteiger partial charge >= 0.3 is 0 Å². The van der Waals surface area contributed by atoms with Gasteiger partial charge in [0.15, 0.2) is 0 Å². The molecule has 1 aliphatic heterocycles. The third-order valence-corrected chi connectivity index (χ3v) is 3.96. The average molecular weight is 299 g/mol. The van der Waals surface area contributed by atoms with E-state index in [0.717, 1.165) is 11.3 Å². The minimum Gasteiger partial charge on any atom is -0.486 e. The fourth-order valence-corrected chi connectivity index (χ4v) is 3.05. The Morgan fingerprint density at radius 3 is 2.59 bits per heavy atom. The van der Waals surface area contributed by atoms with Gasteiger partial charge in [0.1, 0.15) is 17.7 Å². The SMILES string of the molecule is CC(=O)N1c2c(F)cccc2C(Oc2ccccc2)CC1C. The molecule has 0 saturated carbocycles. The van der Waals surface area contributed by atoms with Gasteiger partial charge in [0, 0.05) is 24.9 Å². The first-order chi connectivity index (χ1) is 10.6. The zero-order chi connectivity index (χ0) is 15.7. The van der Waals surface area contributed by atoms with Crippen LogP contribution >= 0.6 is 0 Å². The monoisotopic (exact) mass is 299 g/mol. The minimum atomic E-state index is -0.388. The van der Waals surface area contributed by atoms with Crippen LogP contribution in [0.4, 0.5) is 10.1 Å². The number of hydrogen-bond donors (Lipinski definition) is 0. The lowest BCUT2D eigenvalue weighted by Gasteiger charge is -2.38. The maximum absolute atomic E-state index is 14.3. The molecule has 1 heterocycles. The van der Waals surface area contributed by atoms with Crippen molar-refractivity contribution in [2.45, 2.75) is 32.4 Å². The number of carbonyl (C=O) groups is 1. The summed E-state index contributed by atoms with van der Waals surface area (Å²) in [5.41, 5.74) is 1.06. The van der Waals surface area contributed by atoms with Crippen LogP contribution in [0.1, 0.15) is 31.9 Å². The maximum atomic E-state index is 14.3. The number of ether oxygens (including phenoxy) is 1. The summed E-state index contributed by atoms with van der Waals surface area (Å²) in [6, 6.07) is 14.2. The van der Waals surface area contributed by atoms with Gasteiger partial charge in [-0.15, -0.1) is 0 Å². The Kier molecular flexibility index (Phi) is 3.84. The van der Waals surface area contributed by atoms with Gasteiger partial charge in [0.2, 0.25) is 5.91 Å². The molecule has 0 aromatic heterocycles. The molecule has 1 amide bonds. The highest BCUT2D eigenvalue weighted by Gasteiger charge is 2.35. The molecule has 4 heteroatoms. The Labute approximate surface area is 129 Å². The fraction of sp³-hybridized carbons (Fsp3) is 0.278. The Bertz CT molecular complexity index is 687. The van der Waals surface area contributed by atoms with Gasteiger partial charge in [-0.2, -0.15) is 0 Å². The Morgan fingerprint density at radius 2 is 1.91 bits per heavy atom. The molecule has 3 rings (SSSR count). The van der Waals surface area contributed by atoms with Crippen molar-refractivity contribution < 1.29 is 13.9 Å². The molecule has 0 aliphatic carbocycles. The van der Waals surface area contributed by atoms with Crippen molar-refractivity contribution in [2.75, 3.05) is 4.90 Å². The summed E-state index contributed by atoms with van der Waals surface area (Å²) >= 11 is 0. The van der Waals surface area contributed by atoms with Crippen LogP contribution in [-0.4, -0.2) is 11.9 Å². The van der Waals surface area contributed by atoms with E-state index in [1.165, 1.54) is 17.9 Å². The van der Waals surface area contributed by atoms with Crippen LogP contribution in [0.15, 0.2) is 48.5 Å². The van der Waals surface area contributed by atoms with E-state index in [4.69, 9.17) is 4.74 Å². The van der Waals surface area contributed by atoms with Crippen LogP contribution in [0, 0.1) is 5.82 Å². The highest BCUT2D eigenvalue weighted by molar-refractivity contribution is 5.93. The second-order valence-corrected chi connectivity index (χ2v) is 5.57. The van der Waals surface area contributed by atoms with E-state index in [9.17, 15) is 9.18 Å². The molecule has 2 aromatic carbocycles. The van der Waals surface area contributed by atoms with Crippen LogP contribution in [0.2, 0.25) is 0 Å². The second-order valence-electron chi connectivity index (χ2n) is 5.57. The number of nitrogens with zero attached hydrogens (tertiary/aromatic N) is 1. The van der Waals surface area contributed by atoms with Gasteiger partial charge in [-0.1, -0.05) is 30.3 Å². The smallest absolute Gasteiger partial charge is 0.224 e. The van der Waals surface area contributed by atoms with Gasteiger partial charge in [0.25, 0.3) is 0 Å². The third kappa shape index (κ3) is 2.56. The summed E-state index contributed by atoms with van der Waals surface area (Å²) in [7, 11) is 0. The number of benzene rings is 2. The van der Waals surface area contributed by atoms with E-state index < -0.39 is 0 Å². The second kappa shape index (κ2) is 5.79. The standard InChI is InChI=1S/C18H18FNO2/c1-12-11-17(22-14-7-4-3-5-8-14)15-9-6-10-16(19)18(15)20(12)13(2)21/h3-10,12,17H,11H2,1-2H3. The van der Waals surface area contributed by atoms with Crippen molar-refractivity contribution in [3.63, 3.8) is 0 Å². The molecule has 114 valence electrons. The fourth-order valence-electron chi connectivity index (χ4n) is 3.05. The van der Waals surface area contributed by atoms with Gasteiger partial charge in [-0.25, -0.2) is 4.39 Å². The molecule has 0 bridgehead atoms. The zero-order valence-electron chi connectivity index (χ0n) is 12.6. The third-order valence-electron chi connectivity index (χ3n) is 3.96. The molecular weight excluding hydrogens is 281 g/mol. The lowest BCUT2D eigenvalue weighted by Crippen LogP contribution is -2.43. The molecule has 0 N–H and O–H groups in total. The molecule has 0 spiro atoms. The van der Waals surface area contributed by atoms with E-state index in [1.807, 2.05) is 43.3 Å². The van der Waals surface area contributed by atoms with E-state index in [2.05, 4.69) is 0 Å². The van der Waals surface area contributed by atoms with Crippen molar-refractivity contribution in [1.82, 2.24) is 0 Å². The zero-order valence-corrected chi connectivity index (χ0v) is 12.6. The summed E-state index contributed by atoms with van der Waals surface area (Å²) in [6.07, 6.45) is 0.365. The quantitative estimate of drug-likeness (QED) is 0.836. The number of halogens is 1. The Hall–Kier alpha value is -2.36. The molecule has 0 saturated heterocycles. The molecule has 3 nitrogen and oxygen atoms in total. The maximum Gasteiger partial charge on any atom is 0.224 e. The molecule has 2 atom stereocenters. The molecule has 1 aliphatic rings. The van der Waals surface area contributed by atoms with Gasteiger partial charge in [-0.05, 0) is 25.1 Å². The number of rotatable bonds is 2. The molecule has 2 unspecified atom stereocenters. The minimum absolute atomic E-state index is 0.115. The molecule has 2 aromatic rings. The lowest BCUT2D eigenvalue weighted by molar-refractivity contribution is -0.117. The van der Waals surface area contributed by atoms with Crippen molar-refractivity contribution in [3.8, 4) is 5.75 Å². The summed E-state index contributed by atoms with van der Waals surface area (Å²) in [6.45, 7) is 3.38. The first-order valence-electron chi connectivity index (χ1n) is 7.38. The van der Waals surface area contributed by atoms with Crippen molar-refractivity contribution in [1.29, 1.82) is 0 Å². The number of carbonyl (C=O) groups excluding carboxylic acids is 1. The van der Waals surface area contributed by atoms with Gasteiger partial charge < -0.3 is 9.64 Å². The summed E-state index contributed by atoms with van der Waals surface area (Å²) in [5.74, 6) is 0.198. The predicted molar refractivity (Wildman–Crippen MR) is 83.5 cm³/mol. The van der Waals surface area contributed by atoms with E-state index in [0.29, 0.717) is 12.1 Å². The summed E-state index contributed by atoms with van der Waals surface area (Å²) in [5, 5.41) is 0. The van der Waals surface area contributed by atoms with Gasteiger partial charge in [-0.3, -0.25) is 4.79 Å². The first kappa shape index (κ1) is 14.6. The number of anilines is 1. The highest BCUT2D eigenvalue weighted by atomic mass is 19.1. The number of para-hydroxylation sites is 2.